The molecular weight excluding hydrogens is 227 g/mol. The van der Waals surface area contributed by atoms with E-state index in [0.29, 0.717) is 17.0 Å². The van der Waals surface area contributed by atoms with E-state index in [-0.39, 0.29) is 25.0 Å². The van der Waals surface area contributed by atoms with Crippen LogP contribution in [0.4, 0.5) is 10.1 Å². The minimum Gasteiger partial charge on any atom is -0.481 e. The standard InChI is InChI=1S/C11H11FN2O3/c1-6(15)13-4-7-2-9-10(3-8(7)12)17-5-11(16)14-9/h2-3H,4-5H2,1H3,(H,13,15)(H,14,16). The number of rotatable bonds is 2. The maximum Gasteiger partial charge on any atom is 0.262 e. The van der Waals surface area contributed by atoms with Gasteiger partial charge in [-0.3, -0.25) is 9.59 Å². The number of halogens is 1. The molecule has 1 heterocycles. The van der Waals surface area contributed by atoms with E-state index < -0.39 is 5.82 Å². The van der Waals surface area contributed by atoms with Crippen LogP contribution in [0.3, 0.4) is 0 Å². The van der Waals surface area contributed by atoms with Gasteiger partial charge >= 0.3 is 0 Å². The first-order valence-electron chi connectivity index (χ1n) is 5.06. The van der Waals surface area contributed by atoms with Gasteiger partial charge < -0.3 is 15.4 Å². The second-order valence-corrected chi connectivity index (χ2v) is 3.69. The van der Waals surface area contributed by atoms with Crippen LogP contribution in [0, 0.1) is 5.82 Å². The molecule has 0 unspecified atom stereocenters. The average molecular weight is 238 g/mol. The van der Waals surface area contributed by atoms with Crippen molar-refractivity contribution in [2.24, 2.45) is 0 Å². The van der Waals surface area contributed by atoms with E-state index in [2.05, 4.69) is 10.6 Å². The molecular formula is C11H11FN2O3. The Morgan fingerprint density at radius 1 is 1.59 bits per heavy atom. The third-order valence-electron chi connectivity index (χ3n) is 2.31. The lowest BCUT2D eigenvalue weighted by atomic mass is 10.1. The first kappa shape index (κ1) is 11.4. The van der Waals surface area contributed by atoms with Crippen LogP contribution in [0.5, 0.6) is 5.75 Å². The van der Waals surface area contributed by atoms with Crippen LogP contribution in [0.25, 0.3) is 0 Å². The predicted molar refractivity (Wildman–Crippen MR) is 58.0 cm³/mol. The molecule has 1 aliphatic heterocycles. The van der Waals surface area contributed by atoms with Crippen LogP contribution in [0.1, 0.15) is 12.5 Å². The van der Waals surface area contributed by atoms with Gasteiger partial charge in [0, 0.05) is 25.1 Å². The smallest absolute Gasteiger partial charge is 0.262 e. The lowest BCUT2D eigenvalue weighted by Crippen LogP contribution is -2.26. The summed E-state index contributed by atoms with van der Waals surface area (Å²) in [5, 5.41) is 5.06. The second-order valence-electron chi connectivity index (χ2n) is 3.69. The van der Waals surface area contributed by atoms with Crippen LogP contribution >= 0.6 is 0 Å². The van der Waals surface area contributed by atoms with Gasteiger partial charge in [-0.15, -0.1) is 0 Å². The zero-order valence-electron chi connectivity index (χ0n) is 9.17. The minimum atomic E-state index is -0.478. The van der Waals surface area contributed by atoms with E-state index in [4.69, 9.17) is 4.74 Å². The predicted octanol–water partition coefficient (Wildman–Crippen LogP) is 0.793. The normalized spacial score (nSPS) is 13.4. The summed E-state index contributed by atoms with van der Waals surface area (Å²) in [4.78, 5) is 21.8. The number of benzene rings is 1. The van der Waals surface area contributed by atoms with Crippen molar-refractivity contribution < 1.29 is 18.7 Å². The maximum atomic E-state index is 13.6. The van der Waals surface area contributed by atoms with Gasteiger partial charge in [0.15, 0.2) is 6.61 Å². The SMILES string of the molecule is CC(=O)NCc1cc2c(cc1F)OCC(=O)N2. The molecule has 6 heteroatoms. The lowest BCUT2D eigenvalue weighted by molar-refractivity contribution is -0.119. The van der Waals surface area contributed by atoms with Gasteiger partial charge in [0.25, 0.3) is 5.91 Å². The molecule has 0 aliphatic carbocycles. The van der Waals surface area contributed by atoms with Gasteiger partial charge in [0.2, 0.25) is 5.91 Å². The first-order valence-corrected chi connectivity index (χ1v) is 5.06. The Hall–Kier alpha value is -2.11. The summed E-state index contributed by atoms with van der Waals surface area (Å²) < 4.78 is 18.6. The van der Waals surface area contributed by atoms with E-state index in [1.807, 2.05) is 0 Å². The molecule has 0 radical (unpaired) electrons. The third-order valence-corrected chi connectivity index (χ3v) is 2.31. The Morgan fingerprint density at radius 2 is 2.35 bits per heavy atom. The summed E-state index contributed by atoms with van der Waals surface area (Å²) in [5.74, 6) is -0.709. The van der Waals surface area contributed by atoms with Crippen LogP contribution in [-0.2, 0) is 16.1 Å². The Kier molecular flexibility index (Phi) is 2.95. The van der Waals surface area contributed by atoms with Crippen molar-refractivity contribution in [2.75, 3.05) is 11.9 Å². The highest BCUT2D eigenvalue weighted by Gasteiger charge is 2.18. The van der Waals surface area contributed by atoms with Gasteiger partial charge in [-0.25, -0.2) is 4.39 Å². The Morgan fingerprint density at radius 3 is 3.06 bits per heavy atom. The lowest BCUT2D eigenvalue weighted by Gasteiger charge is -2.19. The molecule has 0 saturated carbocycles. The molecule has 5 nitrogen and oxygen atoms in total. The summed E-state index contributed by atoms with van der Waals surface area (Å²) in [7, 11) is 0. The summed E-state index contributed by atoms with van der Waals surface area (Å²) >= 11 is 0. The molecule has 0 aromatic heterocycles. The minimum absolute atomic E-state index is 0.0737. The third kappa shape index (κ3) is 2.52. The number of ether oxygens (including phenoxy) is 1. The molecule has 2 rings (SSSR count). The van der Waals surface area contributed by atoms with Crippen molar-refractivity contribution in [3.05, 3.63) is 23.5 Å². The Labute approximate surface area is 97.0 Å². The van der Waals surface area contributed by atoms with E-state index in [1.165, 1.54) is 19.1 Å². The topological polar surface area (TPSA) is 67.4 Å². The molecule has 90 valence electrons. The zero-order chi connectivity index (χ0) is 12.4. The number of nitrogens with one attached hydrogen (secondary N) is 2. The molecule has 2 amide bonds. The van der Waals surface area contributed by atoms with Crippen molar-refractivity contribution >= 4 is 17.5 Å². The van der Waals surface area contributed by atoms with Crippen molar-refractivity contribution in [1.29, 1.82) is 0 Å². The maximum absolute atomic E-state index is 13.6. The molecule has 1 aromatic rings. The van der Waals surface area contributed by atoms with Crippen LogP contribution < -0.4 is 15.4 Å². The largest absolute Gasteiger partial charge is 0.481 e. The number of amides is 2. The number of carbonyl (C=O) groups excluding carboxylic acids is 2. The number of hydrogen-bond acceptors (Lipinski definition) is 3. The summed E-state index contributed by atoms with van der Waals surface area (Å²) in [6.07, 6.45) is 0. The molecule has 1 aliphatic rings. The fraction of sp³-hybridized carbons (Fsp3) is 0.273. The molecule has 2 N–H and O–H groups in total. The Balaban J connectivity index is 2.25. The molecule has 0 bridgehead atoms. The number of carbonyl (C=O) groups is 2. The summed E-state index contributed by atoms with van der Waals surface area (Å²) in [6, 6.07) is 2.66. The number of fused-ring (bicyclic) bond motifs is 1. The van der Waals surface area contributed by atoms with Gasteiger partial charge in [-0.2, -0.15) is 0 Å². The van der Waals surface area contributed by atoms with E-state index >= 15 is 0 Å². The first-order chi connectivity index (χ1) is 8.06. The number of hydrogen-bond donors (Lipinski definition) is 2. The molecule has 0 fully saturated rings. The van der Waals surface area contributed by atoms with Crippen molar-refractivity contribution in [1.82, 2.24) is 5.32 Å². The van der Waals surface area contributed by atoms with Gasteiger partial charge in [-0.05, 0) is 6.07 Å². The summed E-state index contributed by atoms with van der Waals surface area (Å²) in [6.45, 7) is 1.31. The molecule has 17 heavy (non-hydrogen) atoms. The van der Waals surface area contributed by atoms with Crippen LogP contribution in [-0.4, -0.2) is 18.4 Å². The quantitative estimate of drug-likeness (QED) is 0.800. The van der Waals surface area contributed by atoms with Gasteiger partial charge in [0.05, 0.1) is 5.69 Å². The molecule has 0 saturated heterocycles. The average Bonchev–Trinajstić information content (AvgIpc) is 2.26. The van der Waals surface area contributed by atoms with Crippen molar-refractivity contribution in [3.8, 4) is 5.75 Å². The highest BCUT2D eigenvalue weighted by atomic mass is 19.1. The van der Waals surface area contributed by atoms with Crippen molar-refractivity contribution in [2.45, 2.75) is 13.5 Å². The van der Waals surface area contributed by atoms with Crippen molar-refractivity contribution in [3.63, 3.8) is 0 Å². The zero-order valence-corrected chi connectivity index (χ0v) is 9.17. The Bertz CT molecular complexity index is 488. The second kappa shape index (κ2) is 4.40. The fourth-order valence-corrected chi connectivity index (χ4v) is 1.50. The van der Waals surface area contributed by atoms with Gasteiger partial charge in [-0.1, -0.05) is 0 Å². The monoisotopic (exact) mass is 238 g/mol. The summed E-state index contributed by atoms with van der Waals surface area (Å²) in [5.41, 5.74) is 0.716. The highest BCUT2D eigenvalue weighted by Crippen LogP contribution is 2.30. The molecule has 0 atom stereocenters. The van der Waals surface area contributed by atoms with E-state index in [1.54, 1.807) is 0 Å². The van der Waals surface area contributed by atoms with Gasteiger partial charge in [0.1, 0.15) is 11.6 Å². The number of anilines is 1. The fourth-order valence-electron chi connectivity index (χ4n) is 1.50. The molecule has 1 aromatic carbocycles. The highest BCUT2D eigenvalue weighted by molar-refractivity contribution is 5.95. The van der Waals surface area contributed by atoms with E-state index in [0.717, 1.165) is 0 Å². The van der Waals surface area contributed by atoms with Crippen LogP contribution in [0.2, 0.25) is 0 Å². The van der Waals surface area contributed by atoms with Crippen LogP contribution in [0.15, 0.2) is 12.1 Å². The molecule has 0 spiro atoms. The van der Waals surface area contributed by atoms with E-state index in [9.17, 15) is 14.0 Å².